The molecule has 0 radical (unpaired) electrons. The summed E-state index contributed by atoms with van der Waals surface area (Å²) in [5, 5.41) is 0.449. The quantitative estimate of drug-likeness (QED) is 0.835. The number of rotatable bonds is 3. The molecule has 2 heterocycles. The number of H-pyrrole nitrogens is 1. The van der Waals surface area contributed by atoms with E-state index >= 15 is 0 Å². The topological polar surface area (TPSA) is 83.1 Å². The highest BCUT2D eigenvalue weighted by Gasteiger charge is 2.23. The van der Waals surface area contributed by atoms with E-state index in [-0.39, 0.29) is 10.7 Å². The molecule has 1 aromatic heterocycles. The molecule has 0 unspecified atom stereocenters. The molecule has 1 aliphatic heterocycles. The van der Waals surface area contributed by atoms with Gasteiger partial charge in [0.2, 0.25) is 15.0 Å². The third-order valence-corrected chi connectivity index (χ3v) is 5.43. The normalized spacial score (nSPS) is 15.3. The Morgan fingerprint density at radius 3 is 2.79 bits per heavy atom. The van der Waals surface area contributed by atoms with Crippen LogP contribution in [0.5, 0.6) is 0 Å². The third-order valence-electron chi connectivity index (χ3n) is 4.12. The van der Waals surface area contributed by atoms with Gasteiger partial charge in [-0.2, -0.15) is 0 Å². The minimum Gasteiger partial charge on any atom is -0.297 e. The van der Waals surface area contributed by atoms with Crippen molar-refractivity contribution >= 4 is 21.4 Å². The Bertz CT molecular complexity index is 954. The number of hydrogen-bond acceptors (Lipinski definition) is 5. The van der Waals surface area contributed by atoms with Crippen molar-refractivity contribution in [3.05, 3.63) is 56.0 Å². The van der Waals surface area contributed by atoms with Crippen LogP contribution in [0.1, 0.15) is 22.4 Å². The number of sulfone groups is 1. The van der Waals surface area contributed by atoms with Crippen LogP contribution in [0.4, 0.5) is 0 Å². The van der Waals surface area contributed by atoms with Crippen molar-refractivity contribution in [2.45, 2.75) is 31.6 Å². The highest BCUT2D eigenvalue weighted by atomic mass is 35.5. The highest BCUT2D eigenvalue weighted by molar-refractivity contribution is 7.90. The lowest BCUT2D eigenvalue weighted by Crippen LogP contribution is -2.35. The number of hydrogen-bond donors (Lipinski definition) is 1. The van der Waals surface area contributed by atoms with E-state index in [4.69, 9.17) is 11.6 Å². The minimum absolute atomic E-state index is 0.272. The van der Waals surface area contributed by atoms with Crippen molar-refractivity contribution in [3.63, 3.8) is 0 Å². The molecule has 1 aromatic carbocycles. The SMILES string of the molecule is Cc1ccc(CN2CCc3c(nc(S(C)(=O)=O)[nH]c3=O)C2)cc1Cl. The molecule has 2 aromatic rings. The highest BCUT2D eigenvalue weighted by Crippen LogP contribution is 2.21. The van der Waals surface area contributed by atoms with Crippen LogP contribution in [-0.4, -0.2) is 36.1 Å². The summed E-state index contributed by atoms with van der Waals surface area (Å²) in [4.78, 5) is 20.7. The van der Waals surface area contributed by atoms with Gasteiger partial charge in [0, 0.05) is 36.5 Å². The Morgan fingerprint density at radius 1 is 1.38 bits per heavy atom. The van der Waals surface area contributed by atoms with E-state index in [1.807, 2.05) is 25.1 Å². The maximum Gasteiger partial charge on any atom is 0.255 e. The summed E-state index contributed by atoms with van der Waals surface area (Å²) in [6, 6.07) is 5.92. The van der Waals surface area contributed by atoms with Gasteiger partial charge in [-0.3, -0.25) is 14.7 Å². The summed E-state index contributed by atoms with van der Waals surface area (Å²) < 4.78 is 23.3. The summed E-state index contributed by atoms with van der Waals surface area (Å²) in [7, 11) is -3.55. The lowest BCUT2D eigenvalue weighted by Gasteiger charge is -2.27. The maximum absolute atomic E-state index is 12.1. The monoisotopic (exact) mass is 367 g/mol. The fourth-order valence-electron chi connectivity index (χ4n) is 2.77. The molecule has 0 bridgehead atoms. The van der Waals surface area contributed by atoms with Gasteiger partial charge in [-0.25, -0.2) is 13.4 Å². The zero-order valence-corrected chi connectivity index (χ0v) is 15.0. The fourth-order valence-corrected chi connectivity index (χ4v) is 3.53. The van der Waals surface area contributed by atoms with Gasteiger partial charge in [0.25, 0.3) is 5.56 Å². The third kappa shape index (κ3) is 3.53. The number of nitrogens with one attached hydrogen (secondary N) is 1. The van der Waals surface area contributed by atoms with E-state index in [9.17, 15) is 13.2 Å². The van der Waals surface area contributed by atoms with E-state index in [0.29, 0.717) is 37.3 Å². The molecule has 0 aliphatic carbocycles. The van der Waals surface area contributed by atoms with Crippen LogP contribution in [0.3, 0.4) is 0 Å². The first-order chi connectivity index (χ1) is 11.2. The van der Waals surface area contributed by atoms with E-state index in [1.165, 1.54) is 0 Å². The van der Waals surface area contributed by atoms with Gasteiger partial charge in [-0.05, 0) is 30.5 Å². The van der Waals surface area contributed by atoms with Gasteiger partial charge in [-0.15, -0.1) is 0 Å². The number of aromatic amines is 1. The molecule has 8 heteroatoms. The number of nitrogens with zero attached hydrogens (tertiary/aromatic N) is 2. The van der Waals surface area contributed by atoms with Crippen LogP contribution in [0, 0.1) is 6.92 Å². The van der Waals surface area contributed by atoms with Crippen molar-refractivity contribution in [2.75, 3.05) is 12.8 Å². The van der Waals surface area contributed by atoms with Crippen LogP contribution in [0.2, 0.25) is 5.02 Å². The van der Waals surface area contributed by atoms with Crippen LogP contribution in [0.25, 0.3) is 0 Å². The van der Waals surface area contributed by atoms with Crippen molar-refractivity contribution in [1.82, 2.24) is 14.9 Å². The van der Waals surface area contributed by atoms with Gasteiger partial charge in [0.05, 0.1) is 5.69 Å². The Balaban J connectivity index is 1.87. The molecule has 0 atom stereocenters. The summed E-state index contributed by atoms with van der Waals surface area (Å²) in [5.41, 5.74) is 2.83. The second-order valence-electron chi connectivity index (χ2n) is 6.11. The van der Waals surface area contributed by atoms with E-state index in [0.717, 1.165) is 22.4 Å². The van der Waals surface area contributed by atoms with Gasteiger partial charge in [0.15, 0.2) is 0 Å². The maximum atomic E-state index is 12.1. The molecule has 0 amide bonds. The lowest BCUT2D eigenvalue weighted by molar-refractivity contribution is 0.239. The summed E-state index contributed by atoms with van der Waals surface area (Å²) in [6.07, 6.45) is 1.58. The summed E-state index contributed by atoms with van der Waals surface area (Å²) >= 11 is 6.16. The standard InChI is InChI=1S/C16H18ClN3O3S/c1-10-3-4-11(7-13(10)17)8-20-6-5-12-14(9-20)18-16(19-15(12)21)24(2,22)23/h3-4,7H,5-6,8-9H2,1-2H3,(H,18,19,21). The first-order valence-electron chi connectivity index (χ1n) is 7.53. The molecular formula is C16H18ClN3O3S. The van der Waals surface area contributed by atoms with Crippen molar-refractivity contribution in [1.29, 1.82) is 0 Å². The molecule has 1 N–H and O–H groups in total. The van der Waals surface area contributed by atoms with E-state index in [1.54, 1.807) is 0 Å². The average molecular weight is 368 g/mol. The second kappa shape index (κ2) is 6.31. The minimum atomic E-state index is -3.55. The Hall–Kier alpha value is -1.70. The summed E-state index contributed by atoms with van der Waals surface area (Å²) in [5.74, 6) is 0. The number of benzene rings is 1. The average Bonchev–Trinajstić information content (AvgIpc) is 2.50. The number of aromatic nitrogens is 2. The van der Waals surface area contributed by atoms with Gasteiger partial charge in [-0.1, -0.05) is 23.7 Å². The van der Waals surface area contributed by atoms with Crippen molar-refractivity contribution in [3.8, 4) is 0 Å². The van der Waals surface area contributed by atoms with Crippen LogP contribution in [0.15, 0.2) is 28.2 Å². The molecule has 3 rings (SSSR count). The Labute approximate surface area is 145 Å². The zero-order chi connectivity index (χ0) is 17.5. The smallest absolute Gasteiger partial charge is 0.255 e. The molecule has 128 valence electrons. The van der Waals surface area contributed by atoms with Crippen molar-refractivity contribution in [2.24, 2.45) is 0 Å². The molecule has 6 nitrogen and oxygen atoms in total. The second-order valence-corrected chi connectivity index (χ2v) is 8.45. The largest absolute Gasteiger partial charge is 0.297 e. The Morgan fingerprint density at radius 2 is 2.12 bits per heavy atom. The van der Waals surface area contributed by atoms with E-state index < -0.39 is 9.84 Å². The summed E-state index contributed by atoms with van der Waals surface area (Å²) in [6.45, 7) is 3.77. The number of fused-ring (bicyclic) bond motifs is 1. The predicted octanol–water partition coefficient (Wildman–Crippen LogP) is 1.69. The Kier molecular flexibility index (Phi) is 4.50. The number of aryl methyl sites for hydroxylation is 1. The zero-order valence-electron chi connectivity index (χ0n) is 13.5. The van der Waals surface area contributed by atoms with Gasteiger partial charge in [0.1, 0.15) is 0 Å². The molecule has 1 aliphatic rings. The van der Waals surface area contributed by atoms with Crippen LogP contribution in [-0.2, 0) is 29.3 Å². The van der Waals surface area contributed by atoms with Crippen LogP contribution >= 0.6 is 11.6 Å². The molecular weight excluding hydrogens is 350 g/mol. The van der Waals surface area contributed by atoms with Gasteiger partial charge < -0.3 is 0 Å². The predicted molar refractivity (Wildman–Crippen MR) is 92.0 cm³/mol. The lowest BCUT2D eigenvalue weighted by atomic mass is 10.1. The fraction of sp³-hybridized carbons (Fsp3) is 0.375. The molecule has 0 saturated heterocycles. The first-order valence-corrected chi connectivity index (χ1v) is 9.80. The number of halogens is 1. The van der Waals surface area contributed by atoms with Crippen molar-refractivity contribution < 1.29 is 8.42 Å². The van der Waals surface area contributed by atoms with Crippen LogP contribution < -0.4 is 5.56 Å². The van der Waals surface area contributed by atoms with E-state index in [2.05, 4.69) is 14.9 Å². The van der Waals surface area contributed by atoms with Gasteiger partial charge >= 0.3 is 0 Å². The molecule has 0 spiro atoms. The first kappa shape index (κ1) is 17.1. The molecule has 0 saturated carbocycles. The molecule has 0 fully saturated rings. The molecule has 24 heavy (non-hydrogen) atoms.